The molecule has 1 fully saturated rings. The van der Waals surface area contributed by atoms with Gasteiger partial charge in [0, 0.05) is 0 Å². The largest absolute Gasteiger partial charge is 0.408 e. The molecular formula is C27H28F3NO4. The fraction of sp³-hybridized carbons (Fsp3) is 0.333. The predicted octanol–water partition coefficient (Wildman–Crippen LogP) is 5.38. The minimum absolute atomic E-state index is 0.0469. The molecule has 3 aromatic rings. The number of benzene rings is 3. The summed E-state index contributed by atoms with van der Waals surface area (Å²) in [6.45, 7) is 0.0600. The van der Waals surface area contributed by atoms with Crippen LogP contribution < -0.4 is 0 Å². The van der Waals surface area contributed by atoms with Crippen LogP contribution in [0.25, 0.3) is 0 Å². The van der Waals surface area contributed by atoms with Gasteiger partial charge in [0.25, 0.3) is 0 Å². The fourth-order valence-corrected chi connectivity index (χ4v) is 4.21. The molecular weight excluding hydrogens is 459 g/mol. The predicted molar refractivity (Wildman–Crippen MR) is 123 cm³/mol. The van der Waals surface area contributed by atoms with Gasteiger partial charge in [-0.05, 0) is 16.7 Å². The normalized spacial score (nSPS) is 23.0. The first-order valence-corrected chi connectivity index (χ1v) is 11.4. The molecule has 0 saturated carbocycles. The number of nitrogens with zero attached hydrogens (tertiary/aromatic N) is 1. The van der Waals surface area contributed by atoms with Gasteiger partial charge in [-0.3, -0.25) is 0 Å². The zero-order valence-electron chi connectivity index (χ0n) is 19.1. The van der Waals surface area contributed by atoms with E-state index in [2.05, 4.69) is 0 Å². The van der Waals surface area contributed by atoms with E-state index in [1.165, 1.54) is 0 Å². The Bertz CT molecular complexity index is 1020. The minimum Gasteiger partial charge on any atom is -0.375 e. The highest BCUT2D eigenvalue weighted by Gasteiger charge is 2.61. The zero-order chi connectivity index (χ0) is 24.7. The van der Waals surface area contributed by atoms with Crippen molar-refractivity contribution < 1.29 is 32.6 Å². The smallest absolute Gasteiger partial charge is 0.375 e. The lowest BCUT2D eigenvalue weighted by Crippen LogP contribution is -2.48. The second kappa shape index (κ2) is 11.8. The molecule has 0 unspecified atom stereocenters. The van der Waals surface area contributed by atoms with Gasteiger partial charge in [0.15, 0.2) is 6.04 Å². The number of rotatable bonds is 10. The average molecular weight is 488 g/mol. The number of halogens is 3. The van der Waals surface area contributed by atoms with Crippen LogP contribution in [0.1, 0.15) is 16.7 Å². The highest BCUT2D eigenvalue weighted by atomic mass is 19.4. The van der Waals surface area contributed by atoms with Crippen molar-refractivity contribution in [2.75, 3.05) is 6.61 Å². The summed E-state index contributed by atoms with van der Waals surface area (Å²) >= 11 is 0. The van der Waals surface area contributed by atoms with Crippen LogP contribution in [0.4, 0.5) is 13.2 Å². The van der Waals surface area contributed by atoms with Crippen LogP contribution in [0.3, 0.4) is 0 Å². The molecule has 35 heavy (non-hydrogen) atoms. The summed E-state index contributed by atoms with van der Waals surface area (Å²) in [5.74, 6) is 0. The molecule has 4 rings (SSSR count). The van der Waals surface area contributed by atoms with Crippen molar-refractivity contribution in [3.05, 3.63) is 108 Å². The first-order valence-electron chi connectivity index (χ1n) is 11.4. The SMILES string of the molecule is ON1[C@H](COCc2ccccc2)[C@@H](OCc2ccccc2)[C@H](OCc2ccccc2)[C@H]1C(F)(F)F. The van der Waals surface area contributed by atoms with E-state index in [1.807, 2.05) is 66.7 Å². The molecule has 0 aliphatic carbocycles. The van der Waals surface area contributed by atoms with Crippen molar-refractivity contribution in [3.8, 4) is 0 Å². The molecule has 5 nitrogen and oxygen atoms in total. The zero-order valence-corrected chi connectivity index (χ0v) is 19.1. The van der Waals surface area contributed by atoms with Gasteiger partial charge in [0.1, 0.15) is 12.2 Å². The van der Waals surface area contributed by atoms with Crippen LogP contribution in [-0.4, -0.2) is 47.3 Å². The number of hydroxylamine groups is 2. The quantitative estimate of drug-likeness (QED) is 0.416. The minimum atomic E-state index is -4.74. The van der Waals surface area contributed by atoms with Crippen molar-refractivity contribution in [1.29, 1.82) is 0 Å². The molecule has 0 bridgehead atoms. The van der Waals surface area contributed by atoms with Gasteiger partial charge in [-0.2, -0.15) is 18.2 Å². The number of ether oxygens (including phenoxy) is 3. The monoisotopic (exact) mass is 487 g/mol. The van der Waals surface area contributed by atoms with Gasteiger partial charge < -0.3 is 19.4 Å². The van der Waals surface area contributed by atoms with Crippen molar-refractivity contribution >= 4 is 0 Å². The summed E-state index contributed by atoms with van der Waals surface area (Å²) in [6, 6.07) is 24.1. The van der Waals surface area contributed by atoms with Gasteiger partial charge in [-0.25, -0.2) is 0 Å². The summed E-state index contributed by atoms with van der Waals surface area (Å²) in [6.07, 6.45) is -7.26. The Kier molecular flexibility index (Phi) is 8.54. The molecule has 3 aromatic carbocycles. The maximum Gasteiger partial charge on any atom is 0.408 e. The first kappa shape index (κ1) is 25.3. The molecule has 1 saturated heterocycles. The molecule has 1 aliphatic heterocycles. The molecule has 0 radical (unpaired) electrons. The first-order chi connectivity index (χ1) is 16.9. The molecule has 8 heteroatoms. The van der Waals surface area contributed by atoms with E-state index in [-0.39, 0.29) is 26.4 Å². The highest BCUT2D eigenvalue weighted by molar-refractivity contribution is 5.16. The Morgan fingerprint density at radius 3 is 1.54 bits per heavy atom. The van der Waals surface area contributed by atoms with Crippen LogP contribution in [0.2, 0.25) is 0 Å². The van der Waals surface area contributed by atoms with E-state index >= 15 is 0 Å². The second-order valence-electron chi connectivity index (χ2n) is 8.46. The summed E-state index contributed by atoms with van der Waals surface area (Å²) in [4.78, 5) is 0. The number of hydrogen-bond acceptors (Lipinski definition) is 5. The standard InChI is InChI=1S/C27H28F3NO4/c28-27(29,30)26-25(35-18-22-14-8-3-9-15-22)24(34-17-21-12-6-2-7-13-21)23(31(26)32)19-33-16-20-10-4-1-5-11-20/h1-15,23-26,32H,16-19H2/t23-,24-,25+,26+/m1/s1. The summed E-state index contributed by atoms with van der Waals surface area (Å²) in [7, 11) is 0. The fourth-order valence-electron chi connectivity index (χ4n) is 4.21. The molecule has 1 N–H and O–H groups in total. The molecule has 0 spiro atoms. The lowest BCUT2D eigenvalue weighted by Gasteiger charge is -2.27. The molecule has 0 aromatic heterocycles. The van der Waals surface area contributed by atoms with Crippen LogP contribution in [0, 0.1) is 0 Å². The van der Waals surface area contributed by atoms with Crippen LogP contribution in [0.15, 0.2) is 91.0 Å². The lowest BCUT2D eigenvalue weighted by molar-refractivity contribution is -0.267. The summed E-state index contributed by atoms with van der Waals surface area (Å²) < 4.78 is 59.8. The van der Waals surface area contributed by atoms with Gasteiger partial charge in [0.2, 0.25) is 0 Å². The number of hydrogen-bond donors (Lipinski definition) is 1. The third kappa shape index (κ3) is 6.68. The average Bonchev–Trinajstić information content (AvgIpc) is 3.14. The molecule has 186 valence electrons. The van der Waals surface area contributed by atoms with Crippen molar-refractivity contribution in [2.24, 2.45) is 0 Å². The van der Waals surface area contributed by atoms with Gasteiger partial charge >= 0.3 is 6.18 Å². The van der Waals surface area contributed by atoms with E-state index in [0.29, 0.717) is 5.06 Å². The third-order valence-corrected chi connectivity index (χ3v) is 5.95. The van der Waals surface area contributed by atoms with Crippen molar-refractivity contribution in [1.82, 2.24) is 5.06 Å². The van der Waals surface area contributed by atoms with Crippen LogP contribution in [-0.2, 0) is 34.0 Å². The highest BCUT2D eigenvalue weighted by Crippen LogP contribution is 2.39. The molecule has 1 aliphatic rings. The number of alkyl halides is 3. The van der Waals surface area contributed by atoms with E-state index in [1.54, 1.807) is 24.3 Å². The van der Waals surface area contributed by atoms with Gasteiger partial charge in [-0.1, -0.05) is 91.0 Å². The topological polar surface area (TPSA) is 51.2 Å². The Labute approximate surface area is 202 Å². The van der Waals surface area contributed by atoms with Crippen LogP contribution >= 0.6 is 0 Å². The van der Waals surface area contributed by atoms with E-state index < -0.39 is 30.5 Å². The Hall–Kier alpha value is -2.75. The molecule has 0 amide bonds. The summed E-state index contributed by atoms with van der Waals surface area (Å²) in [5.41, 5.74) is 2.41. The molecule has 1 heterocycles. The van der Waals surface area contributed by atoms with Crippen molar-refractivity contribution in [2.45, 2.75) is 50.3 Å². The van der Waals surface area contributed by atoms with E-state index in [9.17, 15) is 18.4 Å². The van der Waals surface area contributed by atoms with E-state index in [0.717, 1.165) is 16.7 Å². The van der Waals surface area contributed by atoms with Crippen molar-refractivity contribution in [3.63, 3.8) is 0 Å². The second-order valence-corrected chi connectivity index (χ2v) is 8.46. The third-order valence-electron chi connectivity index (χ3n) is 5.95. The maximum absolute atomic E-state index is 14.1. The van der Waals surface area contributed by atoms with Crippen LogP contribution in [0.5, 0.6) is 0 Å². The van der Waals surface area contributed by atoms with E-state index in [4.69, 9.17) is 14.2 Å². The Balaban J connectivity index is 1.54. The lowest BCUT2D eigenvalue weighted by atomic mass is 10.1. The Morgan fingerprint density at radius 1 is 0.657 bits per heavy atom. The summed E-state index contributed by atoms with van der Waals surface area (Å²) in [5, 5.41) is 11.0. The molecule has 4 atom stereocenters. The van der Waals surface area contributed by atoms with Gasteiger partial charge in [-0.15, -0.1) is 0 Å². The van der Waals surface area contributed by atoms with Gasteiger partial charge in [0.05, 0.1) is 32.5 Å². The Morgan fingerprint density at radius 2 is 1.09 bits per heavy atom. The maximum atomic E-state index is 14.1.